The highest BCUT2D eigenvalue weighted by Crippen LogP contribution is 2.29. The molecule has 23 heavy (non-hydrogen) atoms. The number of hydrogen-bond donors (Lipinski definition) is 1. The van der Waals surface area contributed by atoms with Gasteiger partial charge >= 0.3 is 12.1 Å². The molecule has 0 aliphatic carbocycles. The van der Waals surface area contributed by atoms with Gasteiger partial charge in [-0.15, -0.1) is 0 Å². The van der Waals surface area contributed by atoms with Crippen LogP contribution in [-0.2, 0) is 7.05 Å². The van der Waals surface area contributed by atoms with Crippen molar-refractivity contribution in [2.75, 3.05) is 0 Å². The van der Waals surface area contributed by atoms with Gasteiger partial charge in [0.05, 0.1) is 16.8 Å². The van der Waals surface area contributed by atoms with Gasteiger partial charge in [0.2, 0.25) is 0 Å². The van der Waals surface area contributed by atoms with Crippen molar-refractivity contribution in [3.63, 3.8) is 0 Å². The Labute approximate surface area is 131 Å². The van der Waals surface area contributed by atoms with Crippen LogP contribution in [-0.4, -0.2) is 20.6 Å². The van der Waals surface area contributed by atoms with E-state index in [4.69, 9.17) is 10.5 Å². The summed E-state index contributed by atoms with van der Waals surface area (Å²) in [5.74, 6) is 0. The van der Waals surface area contributed by atoms with Crippen LogP contribution in [0.4, 0.5) is 4.79 Å². The van der Waals surface area contributed by atoms with E-state index in [0.717, 1.165) is 22.0 Å². The number of benzene rings is 1. The van der Waals surface area contributed by atoms with E-state index < -0.39 is 6.09 Å². The Hall–Kier alpha value is -3.40. The summed E-state index contributed by atoms with van der Waals surface area (Å²) in [5, 5.41) is 10.4. The Kier molecular flexibility index (Phi) is 3.43. The van der Waals surface area contributed by atoms with E-state index in [-0.39, 0.29) is 6.01 Å². The summed E-state index contributed by atoms with van der Waals surface area (Å²) < 4.78 is 6.62. The van der Waals surface area contributed by atoms with E-state index >= 15 is 0 Å². The minimum absolute atomic E-state index is 0.126. The van der Waals surface area contributed by atoms with E-state index in [9.17, 15) is 10.1 Å². The Morgan fingerprint density at radius 3 is 2.91 bits per heavy atom. The van der Waals surface area contributed by atoms with Crippen LogP contribution in [0.3, 0.4) is 0 Å². The van der Waals surface area contributed by atoms with Crippen molar-refractivity contribution in [2.24, 2.45) is 12.8 Å². The zero-order valence-corrected chi connectivity index (χ0v) is 12.6. The largest absolute Gasteiger partial charge is 0.412 e. The van der Waals surface area contributed by atoms with Crippen LogP contribution in [0.1, 0.15) is 11.1 Å². The first-order valence-electron chi connectivity index (χ1n) is 6.80. The monoisotopic (exact) mass is 307 g/mol. The fourth-order valence-electron chi connectivity index (χ4n) is 2.61. The van der Waals surface area contributed by atoms with Gasteiger partial charge in [-0.05, 0) is 30.7 Å². The highest BCUT2D eigenvalue weighted by molar-refractivity contribution is 5.92. The number of nitriles is 1. The zero-order chi connectivity index (χ0) is 16.6. The molecule has 0 saturated carbocycles. The van der Waals surface area contributed by atoms with Crippen molar-refractivity contribution in [1.29, 1.82) is 5.26 Å². The molecule has 0 bridgehead atoms. The first kappa shape index (κ1) is 14.5. The molecule has 0 radical (unpaired) electrons. The quantitative estimate of drug-likeness (QED) is 0.781. The average molecular weight is 307 g/mol. The smallest absolute Gasteiger partial charge is 0.374 e. The average Bonchev–Trinajstić information content (AvgIpc) is 2.81. The first-order valence-corrected chi connectivity index (χ1v) is 6.80. The second kappa shape index (κ2) is 5.42. The molecule has 0 saturated heterocycles. The number of ether oxygens (including phenoxy) is 1. The van der Waals surface area contributed by atoms with E-state index in [0.29, 0.717) is 11.3 Å². The molecule has 1 amide bonds. The van der Waals surface area contributed by atoms with Crippen LogP contribution in [0.25, 0.3) is 22.2 Å². The Bertz CT molecular complexity index is 968. The lowest BCUT2D eigenvalue weighted by molar-refractivity contribution is 0.207. The van der Waals surface area contributed by atoms with Gasteiger partial charge in [-0.3, -0.25) is 0 Å². The number of nitrogens with zero attached hydrogens (tertiary/aromatic N) is 4. The number of nitrogens with two attached hydrogens (primary N) is 1. The van der Waals surface area contributed by atoms with Crippen LogP contribution in [0.15, 0.2) is 30.6 Å². The fraction of sp³-hybridized carbons (Fsp3) is 0.125. The molecule has 0 atom stereocenters. The molecule has 7 nitrogen and oxygen atoms in total. The molecular formula is C16H13N5O2. The van der Waals surface area contributed by atoms with Crippen molar-refractivity contribution >= 4 is 17.0 Å². The SMILES string of the molecule is Cc1cn(C)c2c(C#N)cc(-c3ccnc(OC(N)=O)n3)cc12. The summed E-state index contributed by atoms with van der Waals surface area (Å²) >= 11 is 0. The van der Waals surface area contributed by atoms with Crippen molar-refractivity contribution in [1.82, 2.24) is 14.5 Å². The molecule has 7 heteroatoms. The molecule has 0 spiro atoms. The summed E-state index contributed by atoms with van der Waals surface area (Å²) in [6.45, 7) is 1.98. The molecule has 0 fully saturated rings. The highest BCUT2D eigenvalue weighted by atomic mass is 16.6. The fourth-order valence-corrected chi connectivity index (χ4v) is 2.61. The molecule has 1 aromatic carbocycles. The molecule has 114 valence electrons. The minimum Gasteiger partial charge on any atom is -0.374 e. The number of aryl methyl sites for hydroxylation is 2. The van der Waals surface area contributed by atoms with Gasteiger partial charge in [0.1, 0.15) is 6.07 Å². The standard InChI is InChI=1S/C16H13N5O2/c1-9-8-21(2)14-11(7-17)5-10(6-12(9)14)13-3-4-19-16(20-13)23-15(18)22/h3-6,8H,1-2H3,(H2,18,22). The third-order valence-electron chi connectivity index (χ3n) is 3.52. The second-order valence-electron chi connectivity index (χ2n) is 5.10. The van der Waals surface area contributed by atoms with Crippen molar-refractivity contribution in [2.45, 2.75) is 6.92 Å². The van der Waals surface area contributed by atoms with Gasteiger partial charge in [-0.25, -0.2) is 9.78 Å². The van der Waals surface area contributed by atoms with Gasteiger partial charge in [-0.1, -0.05) is 0 Å². The highest BCUT2D eigenvalue weighted by Gasteiger charge is 2.13. The lowest BCUT2D eigenvalue weighted by atomic mass is 10.0. The third kappa shape index (κ3) is 2.58. The van der Waals surface area contributed by atoms with Crippen LogP contribution >= 0.6 is 0 Å². The number of hydrogen-bond acceptors (Lipinski definition) is 5. The molecule has 2 aromatic heterocycles. The summed E-state index contributed by atoms with van der Waals surface area (Å²) in [7, 11) is 1.90. The minimum atomic E-state index is -0.978. The van der Waals surface area contributed by atoms with Gasteiger partial charge in [0, 0.05) is 30.4 Å². The number of amides is 1. The maximum Gasteiger partial charge on any atom is 0.412 e. The lowest BCUT2D eigenvalue weighted by Gasteiger charge is -2.06. The number of fused-ring (bicyclic) bond motifs is 1. The molecule has 3 rings (SSSR count). The molecular weight excluding hydrogens is 294 g/mol. The normalized spacial score (nSPS) is 10.5. The Morgan fingerprint density at radius 2 is 2.22 bits per heavy atom. The van der Waals surface area contributed by atoms with Crippen molar-refractivity contribution in [3.05, 3.63) is 41.7 Å². The van der Waals surface area contributed by atoms with Crippen LogP contribution < -0.4 is 10.5 Å². The van der Waals surface area contributed by atoms with E-state index in [1.165, 1.54) is 6.20 Å². The van der Waals surface area contributed by atoms with Crippen molar-refractivity contribution < 1.29 is 9.53 Å². The molecule has 0 unspecified atom stereocenters. The predicted molar refractivity (Wildman–Crippen MR) is 83.6 cm³/mol. The number of rotatable bonds is 2. The number of primary amides is 1. The van der Waals surface area contributed by atoms with Crippen LogP contribution in [0.2, 0.25) is 0 Å². The summed E-state index contributed by atoms with van der Waals surface area (Å²) in [6, 6.07) is 7.45. The van der Waals surface area contributed by atoms with Crippen molar-refractivity contribution in [3.8, 4) is 23.3 Å². The van der Waals surface area contributed by atoms with E-state index in [1.54, 1.807) is 12.1 Å². The second-order valence-corrected chi connectivity index (χ2v) is 5.10. The maximum atomic E-state index is 10.8. The third-order valence-corrected chi connectivity index (χ3v) is 3.52. The summed E-state index contributed by atoms with van der Waals surface area (Å²) in [5.41, 5.74) is 8.72. The van der Waals surface area contributed by atoms with Gasteiger partial charge in [0.15, 0.2) is 0 Å². The lowest BCUT2D eigenvalue weighted by Crippen LogP contribution is -2.17. The molecule has 0 aliphatic rings. The van der Waals surface area contributed by atoms with Crippen LogP contribution in [0.5, 0.6) is 6.01 Å². The zero-order valence-electron chi connectivity index (χ0n) is 12.6. The maximum absolute atomic E-state index is 10.8. The van der Waals surface area contributed by atoms with Crippen LogP contribution in [0, 0.1) is 18.3 Å². The number of carbonyl (C=O) groups is 1. The first-order chi connectivity index (χ1) is 11.0. The predicted octanol–water partition coefficient (Wildman–Crippen LogP) is 2.27. The molecule has 0 aliphatic heterocycles. The summed E-state index contributed by atoms with van der Waals surface area (Å²) in [6.07, 6.45) is 2.46. The Balaban J connectivity index is 2.19. The van der Waals surface area contributed by atoms with Gasteiger partial charge in [-0.2, -0.15) is 10.2 Å². The molecule has 2 heterocycles. The summed E-state index contributed by atoms with van der Waals surface area (Å²) in [4.78, 5) is 18.8. The number of aromatic nitrogens is 3. The topological polar surface area (TPSA) is 107 Å². The van der Waals surface area contributed by atoms with Gasteiger partial charge in [0.25, 0.3) is 0 Å². The number of carbonyl (C=O) groups excluding carboxylic acids is 1. The molecule has 2 N–H and O–H groups in total. The Morgan fingerprint density at radius 1 is 1.43 bits per heavy atom. The molecule has 3 aromatic rings. The van der Waals surface area contributed by atoms with Gasteiger partial charge < -0.3 is 15.0 Å². The van der Waals surface area contributed by atoms with E-state index in [2.05, 4.69) is 16.0 Å². The van der Waals surface area contributed by atoms with E-state index in [1.807, 2.05) is 30.8 Å².